The van der Waals surface area contributed by atoms with Crippen molar-refractivity contribution in [2.24, 2.45) is 30.7 Å². The molecule has 4 N–H and O–H groups in total. The Morgan fingerprint density at radius 3 is 1.20 bits per heavy atom. The van der Waals surface area contributed by atoms with Crippen molar-refractivity contribution in [2.45, 2.75) is 29.4 Å². The van der Waals surface area contributed by atoms with E-state index in [-0.39, 0.29) is 213 Å². The number of hydrogen-bond donors (Lipinski definition) is 2. The molecule has 426 valence electrons. The minimum absolute atomic E-state index is 0. The van der Waals surface area contributed by atoms with Crippen molar-refractivity contribution >= 4 is 151 Å². The zero-order chi connectivity index (χ0) is 58.1. The SMILES string of the molecule is Nc1c(N=Nc2ccc(S(=O)(=O)CCOSOO[O-])cc2S(=O)(=O)[O-])cc(N=Nc2ccc3cc(S(=O)(=O)CCOSOO[O-])ccc3c2S(=O)(=O)[O-])c(N)c1N=Nc1ccc(S(=O)(=O)CCOS(=O)(=O)[O-])cc1S(=O)(=O)[O-].[Na+].[Na+].[Na+].[Na+].[Na+].[Na+]. The van der Waals surface area contributed by atoms with Crippen LogP contribution in [0.2, 0.25) is 0 Å². The third kappa shape index (κ3) is 25.2. The first-order chi connectivity index (χ1) is 36.2. The van der Waals surface area contributed by atoms with Crippen molar-refractivity contribution in [2.75, 3.05) is 48.5 Å². The first-order valence-electron chi connectivity index (χ1n) is 19.7. The molecule has 50 heteroatoms. The van der Waals surface area contributed by atoms with Crippen LogP contribution in [0.1, 0.15) is 0 Å². The maximum atomic E-state index is 13.0. The van der Waals surface area contributed by atoms with Gasteiger partial charge in [-0.1, -0.05) is 12.1 Å². The van der Waals surface area contributed by atoms with Gasteiger partial charge in [-0.05, 0) is 66.0 Å². The Hall–Kier alpha value is 0.590. The molecule has 5 aromatic rings. The van der Waals surface area contributed by atoms with Crippen LogP contribution in [0.4, 0.5) is 45.5 Å². The number of rotatable bonds is 28. The third-order valence-corrected chi connectivity index (χ3v) is 18.3. The van der Waals surface area contributed by atoms with Crippen molar-refractivity contribution < 1.29 is 296 Å². The Morgan fingerprint density at radius 1 is 0.429 bits per heavy atom. The summed E-state index contributed by atoms with van der Waals surface area (Å²) in [4.78, 5) is -5.85. The Morgan fingerprint density at radius 2 is 0.798 bits per heavy atom. The van der Waals surface area contributed by atoms with Crippen molar-refractivity contribution in [1.82, 2.24) is 0 Å². The van der Waals surface area contributed by atoms with E-state index in [1.807, 2.05) is 0 Å². The summed E-state index contributed by atoms with van der Waals surface area (Å²) in [6, 6.07) is 9.11. The second-order valence-electron chi connectivity index (χ2n) is 14.3. The van der Waals surface area contributed by atoms with Gasteiger partial charge < -0.3 is 40.2 Å². The number of nitrogens with zero attached hydrogens (tertiary/aromatic N) is 6. The van der Waals surface area contributed by atoms with Gasteiger partial charge in [-0.25, -0.2) is 58.9 Å². The Bertz CT molecular complexity index is 4050. The fourth-order valence-electron chi connectivity index (χ4n) is 6.03. The first kappa shape index (κ1) is 86.7. The van der Waals surface area contributed by atoms with Crippen molar-refractivity contribution in [3.05, 3.63) is 72.8 Å². The molecule has 35 nitrogen and oxygen atoms in total. The molecule has 0 aliphatic heterocycles. The van der Waals surface area contributed by atoms with Crippen molar-refractivity contribution in [1.29, 1.82) is 0 Å². The predicted octanol–water partition coefficient (Wildman–Crippen LogP) is -16.6. The third-order valence-electron chi connectivity index (χ3n) is 9.43. The Balaban J connectivity index is 0. The minimum Gasteiger partial charge on any atom is -0.744 e. The average Bonchev–Trinajstić information content (AvgIpc) is 3.56. The largest absolute Gasteiger partial charge is 1.00 e. The van der Waals surface area contributed by atoms with Crippen LogP contribution in [-0.2, 0) is 102 Å². The number of benzene rings is 5. The second-order valence-corrected chi connectivity index (χ2v) is 26.8. The van der Waals surface area contributed by atoms with E-state index >= 15 is 0 Å². The fourth-order valence-corrected chi connectivity index (χ4v) is 12.6. The molecule has 0 atom stereocenters. The van der Waals surface area contributed by atoms with Crippen LogP contribution in [0.5, 0.6) is 0 Å². The van der Waals surface area contributed by atoms with E-state index in [0.717, 1.165) is 42.5 Å². The molecule has 0 bridgehead atoms. The van der Waals surface area contributed by atoms with Gasteiger partial charge in [0.1, 0.15) is 64.5 Å². The van der Waals surface area contributed by atoms with Crippen LogP contribution in [0.3, 0.4) is 0 Å². The molecule has 0 spiro atoms. The molecule has 84 heavy (non-hydrogen) atoms. The van der Waals surface area contributed by atoms with E-state index in [0.29, 0.717) is 24.3 Å². The van der Waals surface area contributed by atoms with E-state index in [4.69, 9.17) is 15.7 Å². The van der Waals surface area contributed by atoms with Gasteiger partial charge in [0.15, 0.2) is 54.2 Å². The van der Waals surface area contributed by atoms with E-state index in [1.165, 1.54) is 0 Å². The minimum atomic E-state index is -5.71. The fraction of sp³-hybridized carbons (Fsp3) is 0.176. The average molecular weight is 1410 g/mol. The summed E-state index contributed by atoms with van der Waals surface area (Å²) in [6.45, 7) is -2.42. The number of fused-ring (bicyclic) bond motifs is 1. The van der Waals surface area contributed by atoms with Crippen LogP contribution >= 0.6 is 24.6 Å². The molecule has 5 aromatic carbocycles. The first-order valence-corrected chi connectivity index (χ1v) is 31.5. The van der Waals surface area contributed by atoms with Crippen molar-refractivity contribution in [3.8, 4) is 0 Å². The predicted molar refractivity (Wildman–Crippen MR) is 252 cm³/mol. The van der Waals surface area contributed by atoms with Crippen molar-refractivity contribution in [3.63, 3.8) is 0 Å². The summed E-state index contributed by atoms with van der Waals surface area (Å²) in [5.74, 6) is -2.79. The van der Waals surface area contributed by atoms with E-state index in [1.54, 1.807) is 0 Å². The molecule has 0 fully saturated rings. The van der Waals surface area contributed by atoms with Crippen LogP contribution in [-0.4, -0.2) is 114 Å². The number of sulfone groups is 3. The van der Waals surface area contributed by atoms with Crippen LogP contribution in [0.25, 0.3) is 10.8 Å². The van der Waals surface area contributed by atoms with Gasteiger partial charge in [0.25, 0.3) is 0 Å². The summed E-state index contributed by atoms with van der Waals surface area (Å²) < 4.78 is 243. The van der Waals surface area contributed by atoms with Crippen LogP contribution < -0.4 is 199 Å². The van der Waals surface area contributed by atoms with Gasteiger partial charge >= 0.3 is 177 Å². The summed E-state index contributed by atoms with van der Waals surface area (Å²) in [7, 11) is -35.6. The van der Waals surface area contributed by atoms with Gasteiger partial charge in [0, 0.05) is 5.39 Å². The number of anilines is 2. The number of nitrogens with two attached hydrogens (primary N) is 2. The summed E-state index contributed by atoms with van der Waals surface area (Å²) in [6.07, 6.45) is 0. The monoisotopic (exact) mass is 1410 g/mol. The van der Waals surface area contributed by atoms with Crippen LogP contribution in [0, 0.1) is 0 Å². The molecular formula is C34H28N8Na6O27S9. The Kier molecular flexibility index (Phi) is 38.5. The summed E-state index contributed by atoms with van der Waals surface area (Å²) in [5, 5.41) is 47.9. The van der Waals surface area contributed by atoms with Gasteiger partial charge in [-0.2, -0.15) is 0 Å². The van der Waals surface area contributed by atoms with Gasteiger partial charge in [-0.3, -0.25) is 22.6 Å². The molecule has 0 amide bonds. The second kappa shape index (κ2) is 37.3. The van der Waals surface area contributed by atoms with Gasteiger partial charge in [0.2, 0.25) is 10.4 Å². The maximum absolute atomic E-state index is 13.0. The quantitative estimate of drug-likeness (QED) is 0.00540. The zero-order valence-electron chi connectivity index (χ0n) is 43.7. The molecule has 0 aliphatic carbocycles. The smallest absolute Gasteiger partial charge is 0.744 e. The normalized spacial score (nSPS) is 12.5. The number of azo groups is 3. The van der Waals surface area contributed by atoms with E-state index in [9.17, 15) is 87.7 Å². The molecule has 0 saturated heterocycles. The van der Waals surface area contributed by atoms with Gasteiger partial charge in [-0.15, -0.1) is 39.4 Å². The van der Waals surface area contributed by atoms with Gasteiger partial charge in [0.05, 0.1) is 77.8 Å². The van der Waals surface area contributed by atoms with E-state index < -0.39 is 188 Å². The standard InChI is InChI=1S/C34H34N8O27S9.6Na/c35-31-27(40-37-24-7-3-21(16-29(24)75(51,52)53)73(47,48)13-10-64-71-69-67-44)18-28(32(36)33(31)42-38-25-8-4-22(17-30(25)76(54,55)56)74(49,50)14-11-65-78(60,61)62)41-39-26-6-1-19-15-20(2-5-23(19)34(26)77(57,58)59)72(45,46)12-9-63-70-68-66-43;;;;;;/h1-8,15-18,43-44H,9-14,35-36H2,(H,51,52,53)(H,54,55,56)(H,57,58,59)(H,60,61,62);;;;;;/q;6*+1/p-6. The zero-order valence-corrected chi connectivity index (χ0v) is 63.1. The summed E-state index contributed by atoms with van der Waals surface area (Å²) >= 11 is -0.0105. The topological polar surface area (TPSA) is 568 Å². The number of nitrogen functional groups attached to an aromatic ring is 2. The number of hydrogen-bond acceptors (Lipinski definition) is 37. The molecule has 0 aliphatic rings. The molecular weight excluding hydrogens is 1380 g/mol. The summed E-state index contributed by atoms with van der Waals surface area (Å²) in [5.41, 5.74) is 6.40. The van der Waals surface area contributed by atoms with Crippen LogP contribution in [0.15, 0.2) is 133 Å². The molecule has 0 unspecified atom stereocenters. The molecule has 5 rings (SSSR count). The molecule has 0 heterocycles. The molecule has 0 saturated carbocycles. The molecule has 0 radical (unpaired) electrons. The van der Waals surface area contributed by atoms with E-state index in [2.05, 4.69) is 57.8 Å². The Labute approximate surface area is 619 Å². The maximum Gasteiger partial charge on any atom is 1.00 e. The molecule has 0 aromatic heterocycles.